The van der Waals surface area contributed by atoms with Crippen LogP contribution in [-0.2, 0) is 0 Å². The van der Waals surface area contributed by atoms with E-state index in [0.717, 1.165) is 0 Å². The number of hydrogen-bond donors (Lipinski definition) is 0. The van der Waals surface area contributed by atoms with E-state index in [0.29, 0.717) is 22.6 Å². The van der Waals surface area contributed by atoms with E-state index < -0.39 is 11.7 Å². The maximum atomic E-state index is 13.2. The Kier molecular flexibility index (Phi) is 3.48. The predicted octanol–water partition coefficient (Wildman–Crippen LogP) is 3.53. The number of aryl methyl sites for hydroxylation is 2. The first kappa shape index (κ1) is 13.0. The van der Waals surface area contributed by atoms with Gasteiger partial charge >= 0.3 is 0 Å². The number of carbonyl (C=O) groups is 1. The highest BCUT2D eigenvalue weighted by molar-refractivity contribution is 6.03. The zero-order valence-corrected chi connectivity index (χ0v) is 10.6. The molecule has 1 aromatic heterocycles. The summed E-state index contributed by atoms with van der Waals surface area (Å²) in [4.78, 5) is 12.3. The average Bonchev–Trinajstić information content (AvgIpc) is 2.69. The topological polar surface area (TPSA) is 54.0 Å². The normalized spacial score (nSPS) is 11.9. The summed E-state index contributed by atoms with van der Waals surface area (Å²) in [7, 11) is 0. The van der Waals surface area contributed by atoms with Gasteiger partial charge in [-0.25, -0.2) is 4.39 Å². The van der Waals surface area contributed by atoms with Crippen LogP contribution in [0.25, 0.3) is 0 Å². The lowest BCUT2D eigenvalue weighted by molar-refractivity contribution is 0.0977. The molecule has 2 rings (SSSR count). The molecule has 0 aliphatic rings. The van der Waals surface area contributed by atoms with Gasteiger partial charge in [-0.05, 0) is 37.6 Å². The molecule has 19 heavy (non-hydrogen) atoms. The van der Waals surface area contributed by atoms with Crippen molar-refractivity contribution in [2.75, 3.05) is 0 Å². The first-order valence-electron chi connectivity index (χ1n) is 5.79. The van der Waals surface area contributed by atoms with E-state index in [1.54, 1.807) is 26.0 Å². The Morgan fingerprint density at radius 2 is 2.11 bits per heavy atom. The molecule has 96 valence electrons. The highest BCUT2D eigenvalue weighted by atomic mass is 19.1. The molecule has 0 spiro atoms. The molecular formula is C15H12FNO2. The molecule has 0 N–H and O–H groups in total. The molecule has 0 aliphatic carbocycles. The van der Waals surface area contributed by atoms with Crippen molar-refractivity contribution in [1.29, 1.82) is 5.26 Å². The van der Waals surface area contributed by atoms with E-state index in [1.807, 2.05) is 6.07 Å². The van der Waals surface area contributed by atoms with Crippen molar-refractivity contribution in [2.45, 2.75) is 19.8 Å². The van der Waals surface area contributed by atoms with Crippen molar-refractivity contribution < 1.29 is 13.6 Å². The van der Waals surface area contributed by atoms with Gasteiger partial charge in [0.15, 0.2) is 5.78 Å². The molecule has 2 aromatic rings. The monoisotopic (exact) mass is 257 g/mol. The van der Waals surface area contributed by atoms with E-state index in [-0.39, 0.29) is 5.78 Å². The van der Waals surface area contributed by atoms with Gasteiger partial charge in [0.1, 0.15) is 23.3 Å². The molecule has 3 nitrogen and oxygen atoms in total. The Morgan fingerprint density at radius 3 is 2.63 bits per heavy atom. The standard InChI is InChI=1S/C15H12FNO2/c1-9-6-13(10(2)19-9)15(18)14(8-17)11-4-3-5-12(16)7-11/h3-7,14H,1-2H3. The number of benzene rings is 1. The number of nitriles is 1. The lowest BCUT2D eigenvalue weighted by Crippen LogP contribution is -2.11. The highest BCUT2D eigenvalue weighted by Crippen LogP contribution is 2.24. The number of Topliss-reactive ketones (excluding diaryl/α,β-unsaturated/α-hetero) is 1. The maximum Gasteiger partial charge on any atom is 0.187 e. The van der Waals surface area contributed by atoms with Crippen LogP contribution in [0, 0.1) is 31.0 Å². The third-order valence-corrected chi connectivity index (χ3v) is 2.88. The fourth-order valence-electron chi connectivity index (χ4n) is 2.00. The summed E-state index contributed by atoms with van der Waals surface area (Å²) in [6.45, 7) is 3.40. The van der Waals surface area contributed by atoms with Crippen molar-refractivity contribution in [3.63, 3.8) is 0 Å². The van der Waals surface area contributed by atoms with Crippen molar-refractivity contribution in [3.8, 4) is 6.07 Å². The zero-order valence-electron chi connectivity index (χ0n) is 10.6. The lowest BCUT2D eigenvalue weighted by Gasteiger charge is -2.07. The van der Waals surface area contributed by atoms with Gasteiger partial charge in [0.25, 0.3) is 0 Å². The summed E-state index contributed by atoms with van der Waals surface area (Å²) in [5, 5.41) is 9.18. The largest absolute Gasteiger partial charge is 0.466 e. The number of furan rings is 1. The first-order valence-corrected chi connectivity index (χ1v) is 5.79. The minimum atomic E-state index is -1.02. The van der Waals surface area contributed by atoms with Crippen LogP contribution >= 0.6 is 0 Å². The molecule has 0 amide bonds. The van der Waals surface area contributed by atoms with Crippen molar-refractivity contribution in [1.82, 2.24) is 0 Å². The minimum Gasteiger partial charge on any atom is -0.466 e. The Bertz CT molecular complexity index is 667. The second-order valence-electron chi connectivity index (χ2n) is 4.31. The quantitative estimate of drug-likeness (QED) is 0.790. The van der Waals surface area contributed by atoms with Crippen LogP contribution in [0.5, 0.6) is 0 Å². The molecule has 0 bridgehead atoms. The van der Waals surface area contributed by atoms with E-state index in [2.05, 4.69) is 0 Å². The van der Waals surface area contributed by atoms with Crippen molar-refractivity contribution >= 4 is 5.78 Å². The second kappa shape index (κ2) is 5.07. The number of ketones is 1. The summed E-state index contributed by atoms with van der Waals surface area (Å²) in [5.41, 5.74) is 0.721. The van der Waals surface area contributed by atoms with Crippen LogP contribution in [0.15, 0.2) is 34.7 Å². The summed E-state index contributed by atoms with van der Waals surface area (Å²) >= 11 is 0. The number of rotatable bonds is 3. The number of hydrogen-bond acceptors (Lipinski definition) is 3. The maximum absolute atomic E-state index is 13.2. The molecule has 1 atom stereocenters. The van der Waals surface area contributed by atoms with Crippen LogP contribution in [-0.4, -0.2) is 5.78 Å². The van der Waals surface area contributed by atoms with Crippen molar-refractivity contribution in [2.24, 2.45) is 0 Å². The molecule has 0 aliphatic heterocycles. The number of nitrogens with zero attached hydrogens (tertiary/aromatic N) is 1. The van der Waals surface area contributed by atoms with Gasteiger partial charge in [-0.3, -0.25) is 4.79 Å². The summed E-state index contributed by atoms with van der Waals surface area (Å²) in [6.07, 6.45) is 0. The van der Waals surface area contributed by atoms with Gasteiger partial charge in [-0.1, -0.05) is 12.1 Å². The van der Waals surface area contributed by atoms with Crippen LogP contribution < -0.4 is 0 Å². The molecule has 4 heteroatoms. The number of carbonyl (C=O) groups excluding carboxylic acids is 1. The third-order valence-electron chi connectivity index (χ3n) is 2.88. The Labute approximate surface area is 110 Å². The Balaban J connectivity index is 2.41. The fourth-order valence-corrected chi connectivity index (χ4v) is 2.00. The third kappa shape index (κ3) is 2.55. The minimum absolute atomic E-state index is 0.353. The van der Waals surface area contributed by atoms with E-state index in [1.165, 1.54) is 18.2 Å². The van der Waals surface area contributed by atoms with Gasteiger partial charge in [0.05, 0.1) is 11.6 Å². The van der Waals surface area contributed by atoms with Crippen LogP contribution in [0.2, 0.25) is 0 Å². The Morgan fingerprint density at radius 1 is 1.37 bits per heavy atom. The average molecular weight is 257 g/mol. The molecule has 0 radical (unpaired) electrons. The molecule has 0 saturated heterocycles. The predicted molar refractivity (Wildman–Crippen MR) is 67.3 cm³/mol. The highest BCUT2D eigenvalue weighted by Gasteiger charge is 2.25. The molecule has 0 saturated carbocycles. The molecule has 0 fully saturated rings. The zero-order chi connectivity index (χ0) is 14.0. The summed E-state index contributed by atoms with van der Waals surface area (Å²) in [5.74, 6) is -0.782. The lowest BCUT2D eigenvalue weighted by atomic mass is 9.92. The van der Waals surface area contributed by atoms with Crippen molar-refractivity contribution in [3.05, 3.63) is 58.8 Å². The summed E-state index contributed by atoms with van der Waals surface area (Å²) < 4.78 is 18.5. The van der Waals surface area contributed by atoms with Crippen LogP contribution in [0.3, 0.4) is 0 Å². The van der Waals surface area contributed by atoms with Gasteiger partial charge < -0.3 is 4.42 Å². The summed E-state index contributed by atoms with van der Waals surface area (Å²) in [6, 6.07) is 9.05. The smallest absolute Gasteiger partial charge is 0.187 e. The SMILES string of the molecule is Cc1cc(C(=O)C(C#N)c2cccc(F)c2)c(C)o1. The first-order chi connectivity index (χ1) is 9.02. The Hall–Kier alpha value is -2.41. The fraction of sp³-hybridized carbons (Fsp3) is 0.200. The van der Waals surface area contributed by atoms with Gasteiger partial charge in [-0.2, -0.15) is 5.26 Å². The molecule has 1 aromatic carbocycles. The van der Waals surface area contributed by atoms with E-state index in [4.69, 9.17) is 4.42 Å². The van der Waals surface area contributed by atoms with Gasteiger partial charge in [0, 0.05) is 0 Å². The van der Waals surface area contributed by atoms with E-state index in [9.17, 15) is 14.4 Å². The van der Waals surface area contributed by atoms with Crippen LogP contribution in [0.1, 0.15) is 33.4 Å². The molecule has 1 heterocycles. The number of halogens is 1. The van der Waals surface area contributed by atoms with Crippen LogP contribution in [0.4, 0.5) is 4.39 Å². The molecule has 1 unspecified atom stereocenters. The molecular weight excluding hydrogens is 245 g/mol. The van der Waals surface area contributed by atoms with Gasteiger partial charge in [0.2, 0.25) is 0 Å². The second-order valence-corrected chi connectivity index (χ2v) is 4.31. The van der Waals surface area contributed by atoms with Gasteiger partial charge in [-0.15, -0.1) is 0 Å². The van der Waals surface area contributed by atoms with E-state index >= 15 is 0 Å².